The highest BCUT2D eigenvalue weighted by atomic mass is 32.2. The van der Waals surface area contributed by atoms with E-state index in [9.17, 15) is 9.59 Å². The Balaban J connectivity index is 1.46. The van der Waals surface area contributed by atoms with Crippen LogP contribution in [-0.4, -0.2) is 48.5 Å². The van der Waals surface area contributed by atoms with Crippen molar-refractivity contribution in [1.29, 1.82) is 0 Å². The van der Waals surface area contributed by atoms with Crippen molar-refractivity contribution < 1.29 is 19.1 Å². The molecule has 1 aromatic rings. The summed E-state index contributed by atoms with van der Waals surface area (Å²) in [5.41, 5.74) is 0. The minimum Gasteiger partial charge on any atom is -0.486 e. The summed E-state index contributed by atoms with van der Waals surface area (Å²) in [6.07, 6.45) is -0.329. The summed E-state index contributed by atoms with van der Waals surface area (Å²) in [4.78, 5) is 27.5. The maximum Gasteiger partial charge on any atom is 0.315 e. The molecule has 0 radical (unpaired) electrons. The number of amidine groups is 1. The highest BCUT2D eigenvalue weighted by molar-refractivity contribution is 8.14. The van der Waals surface area contributed by atoms with E-state index in [1.807, 2.05) is 18.2 Å². The van der Waals surface area contributed by atoms with Crippen molar-refractivity contribution in [3.05, 3.63) is 24.3 Å². The third kappa shape index (κ3) is 3.51. The maximum absolute atomic E-state index is 11.7. The van der Waals surface area contributed by atoms with Gasteiger partial charge in [-0.15, -0.1) is 0 Å². The molecular weight excluding hydrogens is 306 g/mol. The number of hydrogen-bond donors (Lipinski definition) is 2. The number of rotatable bonds is 2. The van der Waals surface area contributed by atoms with Crippen molar-refractivity contribution in [2.75, 3.05) is 25.4 Å². The number of nitrogens with one attached hydrogen (secondary N) is 2. The first kappa shape index (κ1) is 14.7. The van der Waals surface area contributed by atoms with E-state index in [0.29, 0.717) is 29.8 Å². The number of carbonyl (C=O) groups excluding carboxylic acids is 2. The van der Waals surface area contributed by atoms with Gasteiger partial charge in [-0.25, -0.2) is 0 Å². The van der Waals surface area contributed by atoms with E-state index < -0.39 is 11.8 Å². The zero-order chi connectivity index (χ0) is 15.4. The summed E-state index contributed by atoms with van der Waals surface area (Å²) in [6, 6.07) is 7.32. The molecule has 1 unspecified atom stereocenters. The molecule has 0 spiro atoms. The molecule has 1 atom stereocenters. The van der Waals surface area contributed by atoms with Crippen LogP contribution >= 0.6 is 11.8 Å². The van der Waals surface area contributed by atoms with Gasteiger partial charge in [-0.1, -0.05) is 23.9 Å². The van der Waals surface area contributed by atoms with Crippen LogP contribution < -0.4 is 20.1 Å². The number of para-hydroxylation sites is 2. The number of nitrogens with zero attached hydrogens (tertiary/aromatic N) is 1. The van der Waals surface area contributed by atoms with Gasteiger partial charge >= 0.3 is 11.8 Å². The first-order valence-electron chi connectivity index (χ1n) is 6.87. The van der Waals surface area contributed by atoms with E-state index in [0.717, 1.165) is 5.75 Å². The quantitative estimate of drug-likeness (QED) is 0.758. The predicted molar refractivity (Wildman–Crippen MR) is 82.3 cm³/mol. The highest BCUT2D eigenvalue weighted by Gasteiger charge is 2.23. The molecule has 116 valence electrons. The molecule has 0 bridgehead atoms. The zero-order valence-electron chi connectivity index (χ0n) is 11.7. The standard InChI is InChI=1S/C14H15N3O4S/c18-12(13(19)17-14-15-5-6-22-14)16-7-9-8-20-10-3-1-2-4-11(10)21-9/h1-4,9H,5-8H2,(H,16,18)(H,15,17,19). The molecule has 2 aliphatic rings. The fraction of sp³-hybridized carbons (Fsp3) is 0.357. The molecule has 2 aliphatic heterocycles. The summed E-state index contributed by atoms with van der Waals surface area (Å²) in [6.45, 7) is 1.18. The Morgan fingerprint density at radius 3 is 2.86 bits per heavy atom. The Morgan fingerprint density at radius 1 is 1.27 bits per heavy atom. The Morgan fingerprint density at radius 2 is 2.09 bits per heavy atom. The molecule has 0 fully saturated rings. The molecule has 2 N–H and O–H groups in total. The number of ether oxygens (including phenoxy) is 2. The largest absolute Gasteiger partial charge is 0.486 e. The molecule has 7 nitrogen and oxygen atoms in total. The number of benzene rings is 1. The van der Waals surface area contributed by atoms with Crippen molar-refractivity contribution in [2.24, 2.45) is 4.99 Å². The lowest BCUT2D eigenvalue weighted by Crippen LogP contribution is -2.46. The van der Waals surface area contributed by atoms with Gasteiger partial charge in [0.25, 0.3) is 0 Å². The van der Waals surface area contributed by atoms with Crippen LogP contribution in [-0.2, 0) is 9.59 Å². The normalized spacial score (nSPS) is 19.3. The Bertz CT molecular complexity index is 620. The minimum absolute atomic E-state index is 0.195. The molecule has 0 saturated heterocycles. The smallest absolute Gasteiger partial charge is 0.315 e. The van der Waals surface area contributed by atoms with Gasteiger partial charge in [0.1, 0.15) is 12.7 Å². The molecular formula is C14H15N3O4S. The van der Waals surface area contributed by atoms with Gasteiger partial charge in [-0.2, -0.15) is 0 Å². The van der Waals surface area contributed by atoms with Crippen molar-refractivity contribution in [2.45, 2.75) is 6.10 Å². The Kier molecular flexibility index (Phi) is 4.47. The van der Waals surface area contributed by atoms with E-state index >= 15 is 0 Å². The topological polar surface area (TPSA) is 89.0 Å². The number of amides is 2. The molecule has 0 aliphatic carbocycles. The van der Waals surface area contributed by atoms with E-state index in [1.165, 1.54) is 11.8 Å². The van der Waals surface area contributed by atoms with Gasteiger partial charge in [0.2, 0.25) is 0 Å². The van der Waals surface area contributed by atoms with Crippen LogP contribution in [0.4, 0.5) is 0 Å². The van der Waals surface area contributed by atoms with Gasteiger partial charge in [0, 0.05) is 5.75 Å². The second kappa shape index (κ2) is 6.69. The average Bonchev–Trinajstić information content (AvgIpc) is 3.05. The molecule has 1 aromatic carbocycles. The lowest BCUT2D eigenvalue weighted by atomic mass is 10.2. The second-order valence-electron chi connectivity index (χ2n) is 4.70. The van der Waals surface area contributed by atoms with Crippen LogP contribution in [0.15, 0.2) is 29.3 Å². The molecule has 2 heterocycles. The Hall–Kier alpha value is -2.22. The third-order valence-electron chi connectivity index (χ3n) is 3.07. The van der Waals surface area contributed by atoms with Crippen molar-refractivity contribution in [3.8, 4) is 11.5 Å². The van der Waals surface area contributed by atoms with Crippen LogP contribution in [0.5, 0.6) is 11.5 Å². The molecule has 2 amide bonds. The summed E-state index contributed by atoms with van der Waals surface area (Å²) < 4.78 is 11.2. The second-order valence-corrected chi connectivity index (χ2v) is 5.78. The fourth-order valence-electron chi connectivity index (χ4n) is 2.02. The van der Waals surface area contributed by atoms with Crippen molar-refractivity contribution >= 4 is 28.7 Å². The Labute approximate surface area is 131 Å². The van der Waals surface area contributed by atoms with Crippen LogP contribution in [0.1, 0.15) is 0 Å². The lowest BCUT2D eigenvalue weighted by molar-refractivity contribution is -0.138. The van der Waals surface area contributed by atoms with E-state index in [4.69, 9.17) is 9.47 Å². The summed E-state index contributed by atoms with van der Waals surface area (Å²) in [7, 11) is 0. The summed E-state index contributed by atoms with van der Waals surface area (Å²) in [5, 5.41) is 5.50. The van der Waals surface area contributed by atoms with Gasteiger partial charge in [0.05, 0.1) is 13.1 Å². The van der Waals surface area contributed by atoms with Gasteiger partial charge in [-0.05, 0) is 12.1 Å². The molecule has 3 rings (SSSR count). The number of aliphatic imine (C=N–C) groups is 1. The predicted octanol–water partition coefficient (Wildman–Crippen LogP) is 0.162. The number of fused-ring (bicyclic) bond motifs is 1. The van der Waals surface area contributed by atoms with Gasteiger partial charge < -0.3 is 14.8 Å². The van der Waals surface area contributed by atoms with Crippen LogP contribution in [0, 0.1) is 0 Å². The van der Waals surface area contributed by atoms with E-state index in [2.05, 4.69) is 15.6 Å². The van der Waals surface area contributed by atoms with Crippen LogP contribution in [0.3, 0.4) is 0 Å². The maximum atomic E-state index is 11.7. The number of carbonyl (C=O) groups is 2. The monoisotopic (exact) mass is 321 g/mol. The zero-order valence-corrected chi connectivity index (χ0v) is 12.5. The molecule has 0 aromatic heterocycles. The molecule has 8 heteroatoms. The van der Waals surface area contributed by atoms with E-state index in [-0.39, 0.29) is 12.6 Å². The van der Waals surface area contributed by atoms with Gasteiger partial charge in [-0.3, -0.25) is 19.9 Å². The first-order chi connectivity index (χ1) is 10.7. The van der Waals surface area contributed by atoms with Crippen molar-refractivity contribution in [1.82, 2.24) is 10.6 Å². The summed E-state index contributed by atoms with van der Waals surface area (Å²) in [5.74, 6) is 0.709. The van der Waals surface area contributed by atoms with Crippen LogP contribution in [0.2, 0.25) is 0 Å². The first-order valence-corrected chi connectivity index (χ1v) is 7.86. The van der Waals surface area contributed by atoms with Crippen molar-refractivity contribution in [3.63, 3.8) is 0 Å². The summed E-state index contributed by atoms with van der Waals surface area (Å²) >= 11 is 1.42. The van der Waals surface area contributed by atoms with E-state index in [1.54, 1.807) is 6.07 Å². The van der Waals surface area contributed by atoms with Gasteiger partial charge in [0.15, 0.2) is 16.7 Å². The number of thioether (sulfide) groups is 1. The fourth-order valence-corrected chi connectivity index (χ4v) is 2.74. The van der Waals surface area contributed by atoms with Crippen LogP contribution in [0.25, 0.3) is 0 Å². The lowest BCUT2D eigenvalue weighted by Gasteiger charge is -2.26. The molecule has 0 saturated carbocycles. The molecule has 22 heavy (non-hydrogen) atoms. The SMILES string of the molecule is O=C(NCC1COc2ccccc2O1)C(=O)NC1=NCCS1. The highest BCUT2D eigenvalue weighted by Crippen LogP contribution is 2.30. The number of hydrogen-bond acceptors (Lipinski definition) is 6. The third-order valence-corrected chi connectivity index (χ3v) is 3.96. The minimum atomic E-state index is -0.717. The average molecular weight is 321 g/mol.